The lowest BCUT2D eigenvalue weighted by atomic mass is 10.3. The van der Waals surface area contributed by atoms with E-state index < -0.39 is 0 Å². The lowest BCUT2D eigenvalue weighted by molar-refractivity contribution is -0.387. The van der Waals surface area contributed by atoms with Gasteiger partial charge in [0.1, 0.15) is 5.75 Å². The summed E-state index contributed by atoms with van der Waals surface area (Å²) in [5, 5.41) is 10.9. The highest BCUT2D eigenvalue weighted by Gasteiger charge is 2.21. The molecule has 0 spiro atoms. The fourth-order valence-electron chi connectivity index (χ4n) is 1.18. The van der Waals surface area contributed by atoms with Gasteiger partial charge in [-0.25, -0.2) is 0 Å². The normalized spacial score (nSPS) is 11.2. The van der Waals surface area contributed by atoms with Gasteiger partial charge in [0.25, 0.3) is 5.69 Å². The van der Waals surface area contributed by atoms with Gasteiger partial charge in [-0.2, -0.15) is 0 Å². The van der Waals surface area contributed by atoms with E-state index in [4.69, 9.17) is 4.74 Å². The van der Waals surface area contributed by atoms with Crippen molar-refractivity contribution in [2.45, 2.75) is 30.4 Å². The number of methoxy groups -OCH3 is 1. The van der Waals surface area contributed by atoms with Crippen LogP contribution in [0.15, 0.2) is 23.1 Å². The van der Waals surface area contributed by atoms with Crippen molar-refractivity contribution in [3.05, 3.63) is 28.3 Å². The maximum absolute atomic E-state index is 10.9. The summed E-state index contributed by atoms with van der Waals surface area (Å²) >= 11 is 1.48. The van der Waals surface area contributed by atoms with Crippen LogP contribution in [0.4, 0.5) is 5.69 Å². The Balaban J connectivity index is 3.13. The Morgan fingerprint density at radius 2 is 2.00 bits per heavy atom. The Labute approximate surface area is 99.1 Å². The molecule has 0 fully saturated rings. The molecule has 1 rings (SSSR count). The molecule has 0 amide bonds. The molecule has 0 saturated carbocycles. The fourth-order valence-corrected chi connectivity index (χ4v) is 2.22. The summed E-state index contributed by atoms with van der Waals surface area (Å²) in [6, 6.07) is 4.92. The lowest BCUT2D eigenvalue weighted by Crippen LogP contribution is -2.07. The average Bonchev–Trinajstić information content (AvgIpc) is 2.15. The van der Waals surface area contributed by atoms with Gasteiger partial charge in [0, 0.05) is 4.75 Å². The van der Waals surface area contributed by atoms with Crippen LogP contribution in [0.25, 0.3) is 0 Å². The van der Waals surface area contributed by atoms with Crippen molar-refractivity contribution in [1.82, 2.24) is 0 Å². The number of thioether (sulfide) groups is 1. The van der Waals surface area contributed by atoms with Gasteiger partial charge >= 0.3 is 0 Å². The zero-order chi connectivity index (χ0) is 12.3. The largest absolute Gasteiger partial charge is 0.497 e. The second kappa shape index (κ2) is 4.74. The third kappa shape index (κ3) is 3.41. The van der Waals surface area contributed by atoms with Crippen molar-refractivity contribution < 1.29 is 9.66 Å². The molecule has 0 bridgehead atoms. The standard InChI is InChI=1S/C11H15NO3S/c1-11(2,3)16-10-6-5-8(15-4)7-9(10)12(13)14/h5-7H,1-4H3. The Hall–Kier alpha value is -1.23. The van der Waals surface area contributed by atoms with E-state index in [0.29, 0.717) is 10.6 Å². The third-order valence-corrected chi connectivity index (χ3v) is 2.96. The Morgan fingerprint density at radius 1 is 1.38 bits per heavy atom. The lowest BCUT2D eigenvalue weighted by Gasteiger charge is -2.17. The quantitative estimate of drug-likeness (QED) is 0.461. The molecule has 0 atom stereocenters. The predicted octanol–water partition coefficient (Wildman–Crippen LogP) is 3.49. The monoisotopic (exact) mass is 241 g/mol. The highest BCUT2D eigenvalue weighted by Crippen LogP contribution is 2.39. The molecular weight excluding hydrogens is 226 g/mol. The second-order valence-electron chi connectivity index (χ2n) is 4.31. The minimum Gasteiger partial charge on any atom is -0.497 e. The van der Waals surface area contributed by atoms with E-state index in [2.05, 4.69) is 0 Å². The van der Waals surface area contributed by atoms with Crippen LogP contribution in [-0.2, 0) is 0 Å². The summed E-state index contributed by atoms with van der Waals surface area (Å²) in [6.45, 7) is 6.06. The van der Waals surface area contributed by atoms with Crippen molar-refractivity contribution in [3.8, 4) is 5.75 Å². The first kappa shape index (κ1) is 12.8. The first-order chi connectivity index (χ1) is 7.33. The molecule has 0 aliphatic carbocycles. The van der Waals surface area contributed by atoms with Gasteiger partial charge in [-0.1, -0.05) is 20.8 Å². The molecule has 0 aromatic heterocycles. The molecule has 1 aromatic rings. The Morgan fingerprint density at radius 3 is 2.44 bits per heavy atom. The van der Waals surface area contributed by atoms with Gasteiger partial charge in [-0.3, -0.25) is 10.1 Å². The van der Waals surface area contributed by atoms with E-state index in [1.807, 2.05) is 20.8 Å². The van der Waals surface area contributed by atoms with Gasteiger partial charge in [0.15, 0.2) is 0 Å². The van der Waals surface area contributed by atoms with Crippen molar-refractivity contribution >= 4 is 17.4 Å². The number of benzene rings is 1. The van der Waals surface area contributed by atoms with Gasteiger partial charge in [0.2, 0.25) is 0 Å². The van der Waals surface area contributed by atoms with Gasteiger partial charge in [-0.05, 0) is 12.1 Å². The molecule has 0 aliphatic rings. The number of nitrogens with zero attached hydrogens (tertiary/aromatic N) is 1. The number of ether oxygens (including phenoxy) is 1. The summed E-state index contributed by atoms with van der Waals surface area (Å²) in [6.07, 6.45) is 0. The molecule has 0 aliphatic heterocycles. The van der Waals surface area contributed by atoms with Crippen molar-refractivity contribution in [3.63, 3.8) is 0 Å². The third-order valence-electron chi connectivity index (χ3n) is 1.78. The zero-order valence-corrected chi connectivity index (χ0v) is 10.6. The number of nitro groups is 1. The first-order valence-corrected chi connectivity index (χ1v) is 5.66. The van der Waals surface area contributed by atoms with Crippen molar-refractivity contribution in [2.75, 3.05) is 7.11 Å². The van der Waals surface area contributed by atoms with Gasteiger partial charge in [0.05, 0.1) is 23.0 Å². The van der Waals surface area contributed by atoms with E-state index >= 15 is 0 Å². The fraction of sp³-hybridized carbons (Fsp3) is 0.455. The highest BCUT2D eigenvalue weighted by molar-refractivity contribution is 8.00. The number of rotatable bonds is 3. The van der Waals surface area contributed by atoms with Crippen LogP contribution in [0.5, 0.6) is 5.75 Å². The molecule has 4 nitrogen and oxygen atoms in total. The predicted molar refractivity (Wildman–Crippen MR) is 65.3 cm³/mol. The van der Waals surface area contributed by atoms with Gasteiger partial charge < -0.3 is 4.74 Å². The molecule has 16 heavy (non-hydrogen) atoms. The van der Waals surface area contributed by atoms with Crippen LogP contribution in [0, 0.1) is 10.1 Å². The number of nitro benzene ring substituents is 1. The van der Waals surface area contributed by atoms with E-state index in [9.17, 15) is 10.1 Å². The molecule has 0 saturated heterocycles. The van der Waals surface area contributed by atoms with E-state index in [1.54, 1.807) is 12.1 Å². The van der Waals surface area contributed by atoms with Crippen molar-refractivity contribution in [2.24, 2.45) is 0 Å². The Bertz CT molecular complexity index is 399. The van der Waals surface area contributed by atoms with Crippen LogP contribution in [0.3, 0.4) is 0 Å². The van der Waals surface area contributed by atoms with Crippen LogP contribution in [0.1, 0.15) is 20.8 Å². The molecule has 0 unspecified atom stereocenters. The zero-order valence-electron chi connectivity index (χ0n) is 9.81. The van der Waals surface area contributed by atoms with E-state index in [0.717, 1.165) is 0 Å². The molecule has 88 valence electrons. The minimum atomic E-state index is -0.378. The van der Waals surface area contributed by atoms with Crippen molar-refractivity contribution in [1.29, 1.82) is 0 Å². The summed E-state index contributed by atoms with van der Waals surface area (Å²) in [4.78, 5) is 11.2. The summed E-state index contributed by atoms with van der Waals surface area (Å²) in [5.74, 6) is 0.505. The molecule has 0 heterocycles. The van der Waals surface area contributed by atoms with Crippen LogP contribution in [0.2, 0.25) is 0 Å². The Kier molecular flexibility index (Phi) is 3.80. The van der Waals surface area contributed by atoms with Crippen LogP contribution >= 0.6 is 11.8 Å². The molecular formula is C11H15NO3S. The van der Waals surface area contributed by atoms with Crippen LogP contribution in [-0.4, -0.2) is 16.8 Å². The molecule has 1 aromatic carbocycles. The first-order valence-electron chi connectivity index (χ1n) is 4.85. The molecule has 0 radical (unpaired) electrons. The number of hydrogen-bond donors (Lipinski definition) is 0. The summed E-state index contributed by atoms with van der Waals surface area (Å²) < 4.78 is 4.92. The maximum Gasteiger partial charge on any atom is 0.286 e. The number of hydrogen-bond acceptors (Lipinski definition) is 4. The molecule has 0 N–H and O–H groups in total. The van der Waals surface area contributed by atoms with E-state index in [1.165, 1.54) is 24.9 Å². The summed E-state index contributed by atoms with van der Waals surface area (Å²) in [5.41, 5.74) is 0.0966. The average molecular weight is 241 g/mol. The van der Waals surface area contributed by atoms with E-state index in [-0.39, 0.29) is 15.4 Å². The smallest absolute Gasteiger partial charge is 0.286 e. The maximum atomic E-state index is 10.9. The highest BCUT2D eigenvalue weighted by atomic mass is 32.2. The summed E-state index contributed by atoms with van der Waals surface area (Å²) in [7, 11) is 1.50. The molecule has 5 heteroatoms. The van der Waals surface area contributed by atoms with Crippen LogP contribution < -0.4 is 4.74 Å². The van der Waals surface area contributed by atoms with Gasteiger partial charge in [-0.15, -0.1) is 11.8 Å². The minimum absolute atomic E-state index is 0.0562. The topological polar surface area (TPSA) is 52.4 Å². The SMILES string of the molecule is COc1ccc(SC(C)(C)C)c([N+](=O)[O-])c1. The second-order valence-corrected chi connectivity index (χ2v) is 6.17.